The minimum Gasteiger partial charge on any atom is -0.368 e. The van der Waals surface area contributed by atoms with E-state index in [0.717, 1.165) is 45.4 Å². The molecular weight excluding hydrogens is 338 g/mol. The van der Waals surface area contributed by atoms with Crippen molar-refractivity contribution in [1.29, 1.82) is 0 Å². The molecule has 2 unspecified atom stereocenters. The third-order valence-electron chi connectivity index (χ3n) is 6.35. The highest BCUT2D eigenvalue weighted by Crippen LogP contribution is 2.40. The second-order valence-electron chi connectivity index (χ2n) is 8.44. The van der Waals surface area contributed by atoms with Gasteiger partial charge in [0.05, 0.1) is 11.8 Å². The molecule has 1 aromatic rings. The molecule has 0 spiro atoms. The Balaban J connectivity index is 1.25. The van der Waals surface area contributed by atoms with E-state index in [-0.39, 0.29) is 23.7 Å². The van der Waals surface area contributed by atoms with Gasteiger partial charge in [-0.2, -0.15) is 0 Å². The van der Waals surface area contributed by atoms with Crippen LogP contribution >= 0.6 is 0 Å². The van der Waals surface area contributed by atoms with Crippen molar-refractivity contribution in [3.8, 4) is 0 Å². The van der Waals surface area contributed by atoms with Crippen molar-refractivity contribution in [1.82, 2.24) is 10.2 Å². The Labute approximate surface area is 162 Å². The van der Waals surface area contributed by atoms with Crippen molar-refractivity contribution in [2.45, 2.75) is 51.5 Å². The van der Waals surface area contributed by atoms with Gasteiger partial charge < -0.3 is 15.1 Å². The Morgan fingerprint density at radius 3 is 2.44 bits per heavy atom. The maximum Gasteiger partial charge on any atom is 0.226 e. The summed E-state index contributed by atoms with van der Waals surface area (Å²) in [5.41, 5.74) is 2.49. The van der Waals surface area contributed by atoms with Crippen LogP contribution in [-0.2, 0) is 9.59 Å². The minimum atomic E-state index is -0.0887. The number of nitrogens with zero attached hydrogens (tertiary/aromatic N) is 2. The van der Waals surface area contributed by atoms with Crippen LogP contribution in [0, 0.1) is 18.8 Å². The maximum atomic E-state index is 12.8. The van der Waals surface area contributed by atoms with Crippen molar-refractivity contribution in [2.75, 3.05) is 31.1 Å². The third kappa shape index (κ3) is 4.28. The first-order chi connectivity index (χ1) is 13.1. The van der Waals surface area contributed by atoms with E-state index in [0.29, 0.717) is 6.04 Å². The van der Waals surface area contributed by atoms with Gasteiger partial charge in [-0.3, -0.25) is 9.59 Å². The zero-order valence-corrected chi connectivity index (χ0v) is 16.3. The molecule has 2 saturated carbocycles. The van der Waals surface area contributed by atoms with Gasteiger partial charge in [-0.15, -0.1) is 0 Å². The van der Waals surface area contributed by atoms with Crippen molar-refractivity contribution in [2.24, 2.45) is 11.8 Å². The SMILES string of the molecule is Cc1cccc(N2CCN(C(=O)C3CC3C(=O)NC3CCCCC3)CC2)c1. The van der Waals surface area contributed by atoms with Gasteiger partial charge in [-0.05, 0) is 43.9 Å². The van der Waals surface area contributed by atoms with Gasteiger partial charge >= 0.3 is 0 Å². The summed E-state index contributed by atoms with van der Waals surface area (Å²) in [7, 11) is 0. The lowest BCUT2D eigenvalue weighted by atomic mass is 9.95. The average Bonchev–Trinajstić information content (AvgIpc) is 3.49. The molecule has 5 nitrogen and oxygen atoms in total. The number of anilines is 1. The summed E-state index contributed by atoms with van der Waals surface area (Å²) >= 11 is 0. The first-order valence-electron chi connectivity index (χ1n) is 10.5. The molecule has 27 heavy (non-hydrogen) atoms. The Morgan fingerprint density at radius 2 is 1.74 bits per heavy atom. The number of nitrogens with one attached hydrogen (secondary N) is 1. The van der Waals surface area contributed by atoms with Gasteiger partial charge in [0.1, 0.15) is 0 Å². The number of benzene rings is 1. The summed E-state index contributed by atoms with van der Waals surface area (Å²) < 4.78 is 0. The molecule has 4 rings (SSSR count). The number of piperazine rings is 1. The van der Waals surface area contributed by atoms with Crippen LogP contribution in [0.2, 0.25) is 0 Å². The van der Waals surface area contributed by atoms with Gasteiger partial charge in [-0.1, -0.05) is 31.4 Å². The molecule has 1 heterocycles. The molecule has 3 aliphatic rings. The number of hydrogen-bond donors (Lipinski definition) is 1. The van der Waals surface area contributed by atoms with E-state index in [1.807, 2.05) is 4.90 Å². The second-order valence-corrected chi connectivity index (χ2v) is 8.44. The molecular formula is C22H31N3O2. The minimum absolute atomic E-state index is 0.0842. The second kappa shape index (κ2) is 7.91. The lowest BCUT2D eigenvalue weighted by molar-refractivity contribution is -0.135. The Hall–Kier alpha value is -2.04. The zero-order chi connectivity index (χ0) is 18.8. The van der Waals surface area contributed by atoms with Crippen LogP contribution in [-0.4, -0.2) is 48.9 Å². The summed E-state index contributed by atoms with van der Waals surface area (Å²) in [5.74, 6) is 0.120. The lowest BCUT2D eigenvalue weighted by Gasteiger charge is -2.36. The van der Waals surface area contributed by atoms with Crippen LogP contribution in [0.1, 0.15) is 44.1 Å². The molecule has 3 fully saturated rings. The first kappa shape index (κ1) is 18.3. The van der Waals surface area contributed by atoms with Crippen LogP contribution in [0.4, 0.5) is 5.69 Å². The molecule has 2 atom stereocenters. The summed E-state index contributed by atoms with van der Waals surface area (Å²) in [6.07, 6.45) is 6.63. The molecule has 2 amide bonds. The van der Waals surface area contributed by atoms with Crippen LogP contribution in [0.3, 0.4) is 0 Å². The molecule has 0 aromatic heterocycles. The number of carbonyl (C=O) groups excluding carboxylic acids is 2. The standard InChI is InChI=1S/C22H31N3O2/c1-16-6-5-9-18(14-16)24-10-12-25(13-11-24)22(27)20-15-19(20)21(26)23-17-7-3-2-4-8-17/h5-6,9,14,17,19-20H,2-4,7-8,10-13,15H2,1H3,(H,23,26). The van der Waals surface area contributed by atoms with E-state index in [4.69, 9.17) is 0 Å². The quantitative estimate of drug-likeness (QED) is 0.888. The molecule has 1 N–H and O–H groups in total. The molecule has 1 aromatic carbocycles. The third-order valence-corrected chi connectivity index (χ3v) is 6.35. The maximum absolute atomic E-state index is 12.8. The van der Waals surface area contributed by atoms with Gasteiger partial charge in [-0.25, -0.2) is 0 Å². The highest BCUT2D eigenvalue weighted by Gasteiger charge is 2.50. The highest BCUT2D eigenvalue weighted by molar-refractivity contribution is 5.92. The van der Waals surface area contributed by atoms with E-state index in [1.165, 1.54) is 30.5 Å². The van der Waals surface area contributed by atoms with Crippen molar-refractivity contribution in [3.05, 3.63) is 29.8 Å². The van der Waals surface area contributed by atoms with E-state index >= 15 is 0 Å². The number of aryl methyl sites for hydroxylation is 1. The van der Waals surface area contributed by atoms with E-state index in [2.05, 4.69) is 41.4 Å². The van der Waals surface area contributed by atoms with Gasteiger partial charge in [0.2, 0.25) is 11.8 Å². The fraction of sp³-hybridized carbons (Fsp3) is 0.636. The van der Waals surface area contributed by atoms with Crippen molar-refractivity contribution >= 4 is 17.5 Å². The predicted octanol–water partition coefficient (Wildman–Crippen LogP) is 2.73. The van der Waals surface area contributed by atoms with Crippen molar-refractivity contribution in [3.63, 3.8) is 0 Å². The normalized spacial score (nSPS) is 26.0. The van der Waals surface area contributed by atoms with Gasteiger partial charge in [0.15, 0.2) is 0 Å². The lowest BCUT2D eigenvalue weighted by Crippen LogP contribution is -2.49. The van der Waals surface area contributed by atoms with Crippen LogP contribution in [0.25, 0.3) is 0 Å². The molecule has 1 saturated heterocycles. The number of amides is 2. The zero-order valence-electron chi connectivity index (χ0n) is 16.3. The Bertz CT molecular complexity index is 691. The van der Waals surface area contributed by atoms with Gasteiger partial charge in [0.25, 0.3) is 0 Å². The topological polar surface area (TPSA) is 52.7 Å². The fourth-order valence-corrected chi connectivity index (χ4v) is 4.56. The molecule has 146 valence electrons. The predicted molar refractivity (Wildman–Crippen MR) is 107 cm³/mol. The molecule has 0 radical (unpaired) electrons. The van der Waals surface area contributed by atoms with E-state index in [1.54, 1.807) is 0 Å². The van der Waals surface area contributed by atoms with Crippen LogP contribution in [0.15, 0.2) is 24.3 Å². The van der Waals surface area contributed by atoms with Crippen molar-refractivity contribution < 1.29 is 9.59 Å². The fourth-order valence-electron chi connectivity index (χ4n) is 4.56. The number of hydrogen-bond acceptors (Lipinski definition) is 3. The summed E-state index contributed by atoms with van der Waals surface area (Å²) in [5, 5.41) is 3.18. The highest BCUT2D eigenvalue weighted by atomic mass is 16.2. The monoisotopic (exact) mass is 369 g/mol. The largest absolute Gasteiger partial charge is 0.368 e. The van der Waals surface area contributed by atoms with E-state index < -0.39 is 0 Å². The molecule has 5 heteroatoms. The number of carbonyl (C=O) groups is 2. The van der Waals surface area contributed by atoms with Crippen LogP contribution < -0.4 is 10.2 Å². The summed E-state index contributed by atoms with van der Waals surface area (Å²) in [4.78, 5) is 29.5. The average molecular weight is 370 g/mol. The van der Waals surface area contributed by atoms with Crippen LogP contribution in [0.5, 0.6) is 0 Å². The Kier molecular flexibility index (Phi) is 5.37. The molecule has 2 aliphatic carbocycles. The summed E-state index contributed by atoms with van der Waals surface area (Å²) in [6.45, 7) is 5.33. The Morgan fingerprint density at radius 1 is 1.00 bits per heavy atom. The smallest absolute Gasteiger partial charge is 0.226 e. The molecule has 0 bridgehead atoms. The first-order valence-corrected chi connectivity index (χ1v) is 10.5. The summed E-state index contributed by atoms with van der Waals surface area (Å²) in [6, 6.07) is 8.86. The van der Waals surface area contributed by atoms with E-state index in [9.17, 15) is 9.59 Å². The molecule has 1 aliphatic heterocycles. The number of rotatable bonds is 4. The van der Waals surface area contributed by atoms with Gasteiger partial charge in [0, 0.05) is 37.9 Å².